The van der Waals surface area contributed by atoms with Crippen molar-refractivity contribution >= 4 is 17.9 Å². The van der Waals surface area contributed by atoms with Crippen LogP contribution in [0.3, 0.4) is 0 Å². The molecule has 194 valence electrons. The molecule has 1 saturated heterocycles. The van der Waals surface area contributed by atoms with E-state index in [1.807, 2.05) is 46.2 Å². The molecule has 1 aliphatic rings. The van der Waals surface area contributed by atoms with Crippen LogP contribution in [-0.4, -0.2) is 79.4 Å². The van der Waals surface area contributed by atoms with Gasteiger partial charge in [0.15, 0.2) is 0 Å². The number of para-hydroxylation sites is 1. The highest BCUT2D eigenvalue weighted by Gasteiger charge is 2.24. The number of ether oxygens (including phenoxy) is 1. The molecule has 3 rings (SSSR count). The van der Waals surface area contributed by atoms with Crippen molar-refractivity contribution in [2.45, 2.75) is 27.2 Å². The molecule has 0 radical (unpaired) electrons. The molecular formula is C29H38FN3O3. The molecule has 1 fully saturated rings. The van der Waals surface area contributed by atoms with Gasteiger partial charge in [-0.3, -0.25) is 14.5 Å². The van der Waals surface area contributed by atoms with E-state index in [1.54, 1.807) is 7.11 Å². The van der Waals surface area contributed by atoms with E-state index in [4.69, 9.17) is 4.74 Å². The summed E-state index contributed by atoms with van der Waals surface area (Å²) >= 11 is 0. The van der Waals surface area contributed by atoms with Crippen LogP contribution in [0.1, 0.15) is 43.1 Å². The maximum atomic E-state index is 13.2. The second-order valence-electron chi connectivity index (χ2n) is 10.4. The fourth-order valence-corrected chi connectivity index (χ4v) is 4.21. The molecule has 0 saturated carbocycles. The Morgan fingerprint density at radius 3 is 2.33 bits per heavy atom. The summed E-state index contributed by atoms with van der Waals surface area (Å²) < 4.78 is 18.6. The molecule has 0 aromatic heterocycles. The highest BCUT2D eigenvalue weighted by molar-refractivity contribution is 5.94. The van der Waals surface area contributed by atoms with Gasteiger partial charge in [-0.25, -0.2) is 4.39 Å². The number of halogens is 1. The summed E-state index contributed by atoms with van der Waals surface area (Å²) in [5.74, 6) is 0.518. The lowest BCUT2D eigenvalue weighted by atomic mass is 9.91. The SMILES string of the molecule is COc1ccccc1/C=C/CN(CCN1CCN(C(=O)c2ccc(F)cc2)CC1)C(=O)CC(C)(C)C. The van der Waals surface area contributed by atoms with Crippen LogP contribution in [0, 0.1) is 11.2 Å². The summed E-state index contributed by atoms with van der Waals surface area (Å²) in [6, 6.07) is 13.5. The molecule has 0 atom stereocenters. The van der Waals surface area contributed by atoms with Crippen molar-refractivity contribution in [3.63, 3.8) is 0 Å². The summed E-state index contributed by atoms with van der Waals surface area (Å²) in [7, 11) is 1.65. The Labute approximate surface area is 214 Å². The van der Waals surface area contributed by atoms with Gasteiger partial charge in [0, 0.05) is 63.4 Å². The van der Waals surface area contributed by atoms with Gasteiger partial charge in [0.05, 0.1) is 7.11 Å². The van der Waals surface area contributed by atoms with Crippen molar-refractivity contribution in [3.8, 4) is 5.75 Å². The fourth-order valence-electron chi connectivity index (χ4n) is 4.21. The van der Waals surface area contributed by atoms with Gasteiger partial charge in [-0.15, -0.1) is 0 Å². The molecule has 2 aromatic carbocycles. The zero-order chi connectivity index (χ0) is 26.1. The third kappa shape index (κ3) is 8.19. The number of nitrogens with zero attached hydrogens (tertiary/aromatic N) is 3. The van der Waals surface area contributed by atoms with E-state index in [-0.39, 0.29) is 23.0 Å². The number of methoxy groups -OCH3 is 1. The van der Waals surface area contributed by atoms with Crippen LogP contribution < -0.4 is 4.74 Å². The summed E-state index contributed by atoms with van der Waals surface area (Å²) in [6.07, 6.45) is 4.49. The van der Waals surface area contributed by atoms with Crippen molar-refractivity contribution in [1.82, 2.24) is 14.7 Å². The highest BCUT2D eigenvalue weighted by Crippen LogP contribution is 2.21. The van der Waals surface area contributed by atoms with Crippen LogP contribution >= 0.6 is 0 Å². The second kappa shape index (κ2) is 12.7. The molecule has 2 aromatic rings. The van der Waals surface area contributed by atoms with E-state index >= 15 is 0 Å². The Kier molecular flexibility index (Phi) is 9.65. The van der Waals surface area contributed by atoms with Gasteiger partial charge in [-0.05, 0) is 35.7 Å². The molecular weight excluding hydrogens is 457 g/mol. The zero-order valence-electron chi connectivity index (χ0n) is 21.9. The van der Waals surface area contributed by atoms with E-state index in [1.165, 1.54) is 24.3 Å². The molecule has 0 N–H and O–H groups in total. The number of carbonyl (C=O) groups excluding carboxylic acids is 2. The number of rotatable bonds is 9. The number of hydrogen-bond donors (Lipinski definition) is 0. The van der Waals surface area contributed by atoms with Gasteiger partial charge in [0.2, 0.25) is 5.91 Å². The Balaban J connectivity index is 1.56. The largest absolute Gasteiger partial charge is 0.496 e. The van der Waals surface area contributed by atoms with Gasteiger partial charge in [-0.1, -0.05) is 51.1 Å². The average molecular weight is 496 g/mol. The minimum absolute atomic E-state index is 0.0712. The lowest BCUT2D eigenvalue weighted by Gasteiger charge is -2.36. The van der Waals surface area contributed by atoms with Crippen LogP contribution in [0.15, 0.2) is 54.6 Å². The van der Waals surface area contributed by atoms with Gasteiger partial charge < -0.3 is 14.5 Å². The smallest absolute Gasteiger partial charge is 0.253 e. The third-order valence-corrected chi connectivity index (χ3v) is 6.23. The Hall–Kier alpha value is -3.19. The Morgan fingerprint density at radius 1 is 1.03 bits per heavy atom. The first kappa shape index (κ1) is 27.4. The van der Waals surface area contributed by atoms with Gasteiger partial charge in [0.1, 0.15) is 11.6 Å². The fraction of sp³-hybridized carbons (Fsp3) is 0.448. The molecule has 1 heterocycles. The average Bonchev–Trinajstić information content (AvgIpc) is 2.85. The molecule has 0 bridgehead atoms. The first-order valence-corrected chi connectivity index (χ1v) is 12.5. The normalized spacial score (nSPS) is 14.8. The molecule has 6 nitrogen and oxygen atoms in total. The summed E-state index contributed by atoms with van der Waals surface area (Å²) in [5, 5.41) is 0. The van der Waals surface area contributed by atoms with Gasteiger partial charge in [0.25, 0.3) is 5.91 Å². The predicted molar refractivity (Wildman–Crippen MR) is 141 cm³/mol. The molecule has 0 spiro atoms. The van der Waals surface area contributed by atoms with Gasteiger partial charge in [-0.2, -0.15) is 0 Å². The molecule has 1 aliphatic heterocycles. The van der Waals surface area contributed by atoms with Crippen LogP contribution in [-0.2, 0) is 4.79 Å². The molecule has 7 heteroatoms. The predicted octanol–water partition coefficient (Wildman–Crippen LogP) is 4.57. The number of hydrogen-bond acceptors (Lipinski definition) is 4. The summed E-state index contributed by atoms with van der Waals surface area (Å²) in [6.45, 7) is 10.8. The standard InChI is InChI=1S/C29H38FN3O3/c1-29(2,3)22-27(34)32(15-7-9-23-8-5-6-10-26(23)36-4)19-16-31-17-20-33(21-18-31)28(35)24-11-13-25(30)14-12-24/h5-14H,15-22H2,1-4H3/b9-7+. The van der Waals surface area contributed by atoms with E-state index in [2.05, 4.69) is 25.7 Å². The van der Waals surface area contributed by atoms with Gasteiger partial charge >= 0.3 is 0 Å². The maximum Gasteiger partial charge on any atom is 0.253 e. The first-order valence-electron chi connectivity index (χ1n) is 12.5. The Bertz CT molecular complexity index is 1040. The zero-order valence-corrected chi connectivity index (χ0v) is 21.9. The molecule has 2 amide bonds. The van der Waals surface area contributed by atoms with Crippen LogP contribution in [0.4, 0.5) is 4.39 Å². The van der Waals surface area contributed by atoms with E-state index in [0.29, 0.717) is 38.2 Å². The molecule has 0 aliphatic carbocycles. The molecule has 0 unspecified atom stereocenters. The van der Waals surface area contributed by atoms with Crippen LogP contribution in [0.25, 0.3) is 6.08 Å². The second-order valence-corrected chi connectivity index (χ2v) is 10.4. The lowest BCUT2D eigenvalue weighted by molar-refractivity contribution is -0.132. The Morgan fingerprint density at radius 2 is 1.69 bits per heavy atom. The number of piperazine rings is 1. The minimum Gasteiger partial charge on any atom is -0.496 e. The van der Waals surface area contributed by atoms with Crippen molar-refractivity contribution < 1.29 is 18.7 Å². The molecule has 36 heavy (non-hydrogen) atoms. The number of benzene rings is 2. The summed E-state index contributed by atoms with van der Waals surface area (Å²) in [5.41, 5.74) is 1.39. The van der Waals surface area contributed by atoms with Crippen molar-refractivity contribution in [1.29, 1.82) is 0 Å². The number of amides is 2. The van der Waals surface area contributed by atoms with Crippen molar-refractivity contribution in [2.24, 2.45) is 5.41 Å². The number of carbonyl (C=O) groups is 2. The van der Waals surface area contributed by atoms with Crippen molar-refractivity contribution in [2.75, 3.05) is 52.9 Å². The summed E-state index contributed by atoms with van der Waals surface area (Å²) in [4.78, 5) is 31.8. The third-order valence-electron chi connectivity index (χ3n) is 6.23. The van der Waals surface area contributed by atoms with E-state index in [9.17, 15) is 14.0 Å². The van der Waals surface area contributed by atoms with E-state index in [0.717, 1.165) is 30.9 Å². The minimum atomic E-state index is -0.348. The monoisotopic (exact) mass is 495 g/mol. The van der Waals surface area contributed by atoms with E-state index < -0.39 is 0 Å². The lowest BCUT2D eigenvalue weighted by Crippen LogP contribution is -2.50. The highest BCUT2D eigenvalue weighted by atomic mass is 19.1. The maximum absolute atomic E-state index is 13.2. The quantitative estimate of drug-likeness (QED) is 0.512. The van der Waals surface area contributed by atoms with Crippen LogP contribution in [0.5, 0.6) is 5.75 Å². The van der Waals surface area contributed by atoms with Crippen LogP contribution in [0.2, 0.25) is 0 Å². The van der Waals surface area contributed by atoms with Crippen molar-refractivity contribution in [3.05, 3.63) is 71.6 Å². The topological polar surface area (TPSA) is 53.1 Å². The first-order chi connectivity index (χ1) is 17.2.